The van der Waals surface area contributed by atoms with Gasteiger partial charge in [0.1, 0.15) is 15.0 Å². The molecule has 0 aliphatic heterocycles. The summed E-state index contributed by atoms with van der Waals surface area (Å²) in [6, 6.07) is 7.67. The van der Waals surface area contributed by atoms with E-state index < -0.39 is 4.92 Å². The molecule has 0 aliphatic rings. The second-order valence-corrected chi connectivity index (χ2v) is 6.62. The molecule has 0 aliphatic carbocycles. The number of nitro groups is 1. The van der Waals surface area contributed by atoms with Crippen molar-refractivity contribution in [1.29, 1.82) is 0 Å². The molecule has 0 N–H and O–H groups in total. The summed E-state index contributed by atoms with van der Waals surface area (Å²) in [5.41, 5.74) is 2.17. The third-order valence-electron chi connectivity index (χ3n) is 3.87. The third kappa shape index (κ3) is 2.36. The van der Waals surface area contributed by atoms with Crippen molar-refractivity contribution >= 4 is 37.5 Å². The van der Waals surface area contributed by atoms with Crippen LogP contribution < -0.4 is 5.56 Å². The summed E-state index contributed by atoms with van der Waals surface area (Å²) in [5, 5.41) is 19.9. The smallest absolute Gasteiger partial charge is 0.266 e. The first-order chi connectivity index (χ1) is 12.0. The molecule has 0 unspecified atom stereocenters. The van der Waals surface area contributed by atoms with Gasteiger partial charge in [0.15, 0.2) is 0 Å². The number of pyridine rings is 1. The summed E-state index contributed by atoms with van der Waals surface area (Å²) < 4.78 is 1.50. The van der Waals surface area contributed by atoms with E-state index in [4.69, 9.17) is 0 Å². The maximum atomic E-state index is 12.8. The Morgan fingerprint density at radius 1 is 1.24 bits per heavy atom. The fourth-order valence-corrected chi connectivity index (χ4v) is 3.95. The average Bonchev–Trinajstić information content (AvgIpc) is 2.94. The van der Waals surface area contributed by atoms with Crippen LogP contribution in [0.25, 0.3) is 26.1 Å². The molecule has 3 heterocycles. The van der Waals surface area contributed by atoms with Gasteiger partial charge in [-0.2, -0.15) is 4.68 Å². The number of aryl methyl sites for hydroxylation is 2. The lowest BCUT2D eigenvalue weighted by molar-refractivity contribution is -0.384. The molecular formula is C16H11N5O3S. The van der Waals surface area contributed by atoms with E-state index >= 15 is 0 Å². The van der Waals surface area contributed by atoms with E-state index in [1.54, 1.807) is 6.07 Å². The molecule has 4 rings (SSSR count). The number of non-ortho nitro benzene ring substituents is 1. The Kier molecular flexibility index (Phi) is 3.32. The van der Waals surface area contributed by atoms with Crippen molar-refractivity contribution in [3.8, 4) is 5.69 Å². The normalized spacial score (nSPS) is 11.3. The van der Waals surface area contributed by atoms with Crippen LogP contribution in [0.5, 0.6) is 0 Å². The molecular weight excluding hydrogens is 342 g/mol. The molecule has 0 saturated heterocycles. The Morgan fingerprint density at radius 2 is 2.04 bits per heavy atom. The average molecular weight is 353 g/mol. The van der Waals surface area contributed by atoms with Gasteiger partial charge in [-0.1, -0.05) is 11.3 Å². The fourth-order valence-electron chi connectivity index (χ4n) is 2.80. The Morgan fingerprint density at radius 3 is 2.80 bits per heavy atom. The Labute approximate surface area is 144 Å². The fraction of sp³-hybridized carbons (Fsp3) is 0.125. The summed E-state index contributed by atoms with van der Waals surface area (Å²) in [6.07, 6.45) is 0. The number of benzene rings is 1. The van der Waals surface area contributed by atoms with E-state index in [9.17, 15) is 14.9 Å². The lowest BCUT2D eigenvalue weighted by Crippen LogP contribution is -2.21. The van der Waals surface area contributed by atoms with Crippen molar-refractivity contribution in [3.63, 3.8) is 0 Å². The number of hydrogen-bond acceptors (Lipinski definition) is 7. The van der Waals surface area contributed by atoms with Crippen molar-refractivity contribution in [2.24, 2.45) is 0 Å². The van der Waals surface area contributed by atoms with Crippen molar-refractivity contribution in [2.75, 3.05) is 0 Å². The number of rotatable bonds is 2. The quantitative estimate of drug-likeness (QED) is 0.405. The van der Waals surface area contributed by atoms with E-state index in [1.807, 2.05) is 19.9 Å². The molecule has 9 heteroatoms. The van der Waals surface area contributed by atoms with Crippen LogP contribution in [0.4, 0.5) is 5.69 Å². The van der Waals surface area contributed by atoms with Crippen molar-refractivity contribution in [2.45, 2.75) is 13.8 Å². The maximum Gasteiger partial charge on any atom is 0.292 e. The van der Waals surface area contributed by atoms with Gasteiger partial charge < -0.3 is 0 Å². The maximum absolute atomic E-state index is 12.8. The summed E-state index contributed by atoms with van der Waals surface area (Å²) >= 11 is 1.26. The van der Waals surface area contributed by atoms with Gasteiger partial charge in [-0.25, -0.2) is 4.98 Å². The zero-order valence-corrected chi connectivity index (χ0v) is 14.1. The van der Waals surface area contributed by atoms with Crippen LogP contribution in [0.1, 0.15) is 11.3 Å². The lowest BCUT2D eigenvalue weighted by atomic mass is 10.1. The van der Waals surface area contributed by atoms with E-state index in [2.05, 4.69) is 15.3 Å². The minimum Gasteiger partial charge on any atom is -0.266 e. The van der Waals surface area contributed by atoms with Gasteiger partial charge in [-0.3, -0.25) is 14.9 Å². The molecule has 0 saturated carbocycles. The molecule has 0 radical (unpaired) electrons. The van der Waals surface area contributed by atoms with Crippen LogP contribution in [0.2, 0.25) is 0 Å². The lowest BCUT2D eigenvalue weighted by Gasteiger charge is -2.03. The van der Waals surface area contributed by atoms with Gasteiger partial charge in [0.05, 0.1) is 10.6 Å². The highest BCUT2D eigenvalue weighted by Crippen LogP contribution is 2.31. The van der Waals surface area contributed by atoms with Crippen LogP contribution in [0, 0.1) is 24.0 Å². The monoisotopic (exact) mass is 353 g/mol. The summed E-state index contributed by atoms with van der Waals surface area (Å²) in [4.78, 5) is 28.5. The highest BCUT2D eigenvalue weighted by atomic mass is 32.1. The minimum absolute atomic E-state index is 0.115. The van der Waals surface area contributed by atoms with Gasteiger partial charge in [0.2, 0.25) is 0 Å². The Balaban J connectivity index is 2.02. The number of nitrogens with zero attached hydrogens (tertiary/aromatic N) is 5. The molecule has 8 nitrogen and oxygen atoms in total. The van der Waals surface area contributed by atoms with Crippen LogP contribution in [0.15, 0.2) is 35.1 Å². The topological polar surface area (TPSA) is 104 Å². The van der Waals surface area contributed by atoms with Gasteiger partial charge >= 0.3 is 0 Å². The van der Waals surface area contributed by atoms with E-state index in [-0.39, 0.29) is 11.2 Å². The van der Waals surface area contributed by atoms with E-state index in [0.29, 0.717) is 15.9 Å². The number of aromatic nitrogens is 4. The highest BCUT2D eigenvalue weighted by molar-refractivity contribution is 7.25. The van der Waals surface area contributed by atoms with Crippen molar-refractivity contribution < 1.29 is 4.92 Å². The third-order valence-corrected chi connectivity index (χ3v) is 4.93. The van der Waals surface area contributed by atoms with Gasteiger partial charge in [-0.05, 0) is 31.5 Å². The van der Waals surface area contributed by atoms with Crippen LogP contribution in [-0.4, -0.2) is 24.9 Å². The van der Waals surface area contributed by atoms with E-state index in [1.165, 1.54) is 29.5 Å². The molecule has 0 spiro atoms. The highest BCUT2D eigenvalue weighted by Gasteiger charge is 2.17. The SMILES string of the molecule is Cc1cc(C)c2c(n1)sc1c(=O)n(-c3cccc([N+](=O)[O-])c3)nnc12. The first kappa shape index (κ1) is 15.3. The van der Waals surface area contributed by atoms with Crippen molar-refractivity contribution in [3.05, 3.63) is 62.1 Å². The number of fused-ring (bicyclic) bond motifs is 3. The van der Waals surface area contributed by atoms with Gasteiger partial charge in [-0.15, -0.1) is 16.4 Å². The van der Waals surface area contributed by atoms with Crippen LogP contribution in [-0.2, 0) is 0 Å². The molecule has 0 atom stereocenters. The van der Waals surface area contributed by atoms with E-state index in [0.717, 1.165) is 26.2 Å². The predicted octanol–water partition coefficient (Wildman–Crippen LogP) is 2.92. The molecule has 0 amide bonds. The molecule has 4 aromatic rings. The first-order valence-corrected chi connectivity index (χ1v) is 8.18. The largest absolute Gasteiger partial charge is 0.292 e. The summed E-state index contributed by atoms with van der Waals surface area (Å²) in [5.74, 6) is 0. The number of thiophene rings is 1. The molecule has 25 heavy (non-hydrogen) atoms. The standard InChI is InChI=1S/C16H11N5O3S/c1-8-6-9(2)17-15-12(8)13-14(25-15)16(22)20(19-18-13)10-4-3-5-11(7-10)21(23)24/h3-7H,1-2H3. The second kappa shape index (κ2) is 5.42. The first-order valence-electron chi connectivity index (χ1n) is 7.37. The summed E-state index contributed by atoms with van der Waals surface area (Å²) in [7, 11) is 0. The number of hydrogen-bond donors (Lipinski definition) is 0. The predicted molar refractivity (Wildman–Crippen MR) is 94.4 cm³/mol. The minimum atomic E-state index is -0.518. The second-order valence-electron chi connectivity index (χ2n) is 5.62. The number of nitro benzene ring substituents is 1. The zero-order valence-electron chi connectivity index (χ0n) is 13.3. The molecule has 3 aromatic heterocycles. The Hall–Kier alpha value is -3.20. The van der Waals surface area contributed by atoms with Crippen molar-refractivity contribution in [1.82, 2.24) is 20.0 Å². The molecule has 1 aromatic carbocycles. The van der Waals surface area contributed by atoms with Gasteiger partial charge in [0, 0.05) is 23.2 Å². The van der Waals surface area contributed by atoms with Gasteiger partial charge in [0.25, 0.3) is 11.2 Å². The van der Waals surface area contributed by atoms with Crippen LogP contribution in [0.3, 0.4) is 0 Å². The van der Waals surface area contributed by atoms with Crippen LogP contribution >= 0.6 is 11.3 Å². The Bertz CT molecular complexity index is 1230. The molecule has 124 valence electrons. The molecule has 0 fully saturated rings. The zero-order chi connectivity index (χ0) is 17.7. The summed E-state index contributed by atoms with van der Waals surface area (Å²) in [6.45, 7) is 3.83. The molecule has 0 bridgehead atoms.